The first-order valence-corrected chi connectivity index (χ1v) is 17.3. The predicted octanol–water partition coefficient (Wildman–Crippen LogP) is 11.4. The number of benzene rings is 6. The minimum atomic E-state index is -0.244. The molecule has 0 aliphatic carbocycles. The summed E-state index contributed by atoms with van der Waals surface area (Å²) >= 11 is 7.10. The first-order valence-electron chi connectivity index (χ1n) is 16.9. The number of rotatable bonds is 17. The number of hydrogen-bond acceptors (Lipinski definition) is 4. The van der Waals surface area contributed by atoms with Crippen LogP contribution in [0.4, 0.5) is 0 Å². The van der Waals surface area contributed by atoms with Crippen LogP contribution in [0.3, 0.4) is 0 Å². The summed E-state index contributed by atoms with van der Waals surface area (Å²) in [4.78, 5) is 0. The van der Waals surface area contributed by atoms with E-state index in [9.17, 15) is 0 Å². The third-order valence-electron chi connectivity index (χ3n) is 8.19. The fourth-order valence-electron chi connectivity index (χ4n) is 5.44. The molecule has 0 aliphatic heterocycles. The second-order valence-electron chi connectivity index (χ2n) is 11.9. The van der Waals surface area contributed by atoms with Gasteiger partial charge in [-0.05, 0) is 81.8 Å². The molecule has 0 bridgehead atoms. The van der Waals surface area contributed by atoms with Crippen molar-refractivity contribution < 1.29 is 18.9 Å². The van der Waals surface area contributed by atoms with E-state index in [0.29, 0.717) is 39.5 Å². The second kappa shape index (κ2) is 18.5. The Morgan fingerprint density at radius 1 is 0.480 bits per heavy atom. The fourth-order valence-corrected chi connectivity index (χ4v) is 5.75. The lowest BCUT2D eigenvalue weighted by molar-refractivity contribution is 0.0889. The number of alkyl halides is 1. The summed E-state index contributed by atoms with van der Waals surface area (Å²) in [6.07, 6.45) is 2.83. The molecule has 5 heteroatoms. The van der Waals surface area contributed by atoms with Crippen LogP contribution >= 0.6 is 11.6 Å². The lowest BCUT2D eigenvalue weighted by Crippen LogP contribution is -2.06. The Bertz CT molecular complexity index is 1870. The predicted molar refractivity (Wildman–Crippen MR) is 204 cm³/mol. The van der Waals surface area contributed by atoms with Gasteiger partial charge in [0.1, 0.15) is 37.1 Å². The van der Waals surface area contributed by atoms with E-state index in [1.54, 1.807) is 0 Å². The number of hydrogen-bond donors (Lipinski definition) is 0. The highest BCUT2D eigenvalue weighted by Gasteiger charge is 2.14. The molecule has 6 aromatic rings. The van der Waals surface area contributed by atoms with Crippen LogP contribution in [0.25, 0.3) is 11.6 Å². The Hall–Kier alpha value is -5.29. The smallest absolute Gasteiger partial charge is 0.119 e. The van der Waals surface area contributed by atoms with Crippen LogP contribution in [0.5, 0.6) is 17.2 Å². The zero-order valence-corrected chi connectivity index (χ0v) is 28.8. The van der Waals surface area contributed by atoms with Crippen molar-refractivity contribution in [2.75, 3.05) is 13.2 Å². The fraction of sp³-hybridized carbons (Fsp3) is 0.156. The van der Waals surface area contributed by atoms with Crippen LogP contribution in [-0.2, 0) is 24.6 Å². The molecule has 6 aromatic carbocycles. The van der Waals surface area contributed by atoms with Crippen LogP contribution < -0.4 is 14.2 Å². The lowest BCUT2D eigenvalue weighted by Gasteiger charge is -2.16. The van der Waals surface area contributed by atoms with Crippen LogP contribution in [0, 0.1) is 0 Å². The molecule has 0 heterocycles. The third-order valence-corrected chi connectivity index (χ3v) is 8.60. The van der Waals surface area contributed by atoms with Crippen molar-refractivity contribution in [2.24, 2.45) is 0 Å². The molecule has 0 fully saturated rings. The van der Waals surface area contributed by atoms with E-state index in [4.69, 9.17) is 30.5 Å². The van der Waals surface area contributed by atoms with Crippen LogP contribution in [0.15, 0.2) is 164 Å². The number of allylic oxidation sites excluding steroid dienone is 1. The Labute approximate surface area is 300 Å². The quantitative estimate of drug-likeness (QED) is 0.0546. The minimum Gasteiger partial charge on any atom is -0.491 e. The largest absolute Gasteiger partial charge is 0.491 e. The summed E-state index contributed by atoms with van der Waals surface area (Å²) in [7, 11) is 0. The van der Waals surface area contributed by atoms with Gasteiger partial charge in [-0.25, -0.2) is 0 Å². The van der Waals surface area contributed by atoms with Gasteiger partial charge in [0, 0.05) is 0 Å². The van der Waals surface area contributed by atoms with E-state index in [1.165, 1.54) is 0 Å². The summed E-state index contributed by atoms with van der Waals surface area (Å²) in [6.45, 7) is 2.61. The SMILES string of the molecule is ClC(CC(=Cc1ccc(OCc2ccccc2)cc1)c1ccc(OCc2ccccc2)cc1)c1ccc(OCCOCc2ccccc2)cc1. The van der Waals surface area contributed by atoms with Gasteiger partial charge in [-0.15, -0.1) is 11.6 Å². The highest BCUT2D eigenvalue weighted by Crippen LogP contribution is 2.35. The molecule has 252 valence electrons. The maximum absolute atomic E-state index is 7.10. The molecule has 4 nitrogen and oxygen atoms in total. The van der Waals surface area contributed by atoms with E-state index < -0.39 is 0 Å². The van der Waals surface area contributed by atoms with E-state index in [2.05, 4.69) is 66.7 Å². The Kier molecular flexibility index (Phi) is 12.8. The highest BCUT2D eigenvalue weighted by atomic mass is 35.5. The molecule has 0 amide bonds. The average molecular weight is 681 g/mol. The van der Waals surface area contributed by atoms with Crippen molar-refractivity contribution in [1.82, 2.24) is 0 Å². The van der Waals surface area contributed by atoms with E-state index >= 15 is 0 Å². The molecule has 0 aromatic heterocycles. The summed E-state index contributed by atoms with van der Waals surface area (Å²) in [5.41, 5.74) is 7.71. The van der Waals surface area contributed by atoms with Gasteiger partial charge < -0.3 is 18.9 Å². The molecule has 0 N–H and O–H groups in total. The molecule has 0 spiro atoms. The van der Waals surface area contributed by atoms with Gasteiger partial charge in [-0.3, -0.25) is 0 Å². The van der Waals surface area contributed by atoms with Gasteiger partial charge in [0.25, 0.3) is 0 Å². The van der Waals surface area contributed by atoms with Gasteiger partial charge in [-0.1, -0.05) is 133 Å². The molecule has 0 saturated carbocycles. The van der Waals surface area contributed by atoms with Gasteiger partial charge in [0.2, 0.25) is 0 Å². The molecule has 0 saturated heterocycles. The second-order valence-corrected chi connectivity index (χ2v) is 12.5. The Morgan fingerprint density at radius 3 is 1.48 bits per heavy atom. The highest BCUT2D eigenvalue weighted by molar-refractivity contribution is 6.21. The summed E-state index contributed by atoms with van der Waals surface area (Å²) in [6, 6.07) is 54.9. The molecule has 1 unspecified atom stereocenters. The van der Waals surface area contributed by atoms with Gasteiger partial charge in [-0.2, -0.15) is 0 Å². The van der Waals surface area contributed by atoms with Gasteiger partial charge in [0.15, 0.2) is 0 Å². The third kappa shape index (κ3) is 10.9. The molecule has 0 radical (unpaired) electrons. The standard InChI is InChI=1S/C45H41ClO4/c46-45(40-20-26-42(27-21-40)48-29-28-47-32-36-10-4-1-5-11-36)31-41(39-18-24-44(25-19-39)50-34-38-14-8-3-9-15-38)30-35-16-22-43(23-17-35)49-33-37-12-6-2-7-13-37/h1-27,30,45H,28-29,31-34H2. The molecule has 50 heavy (non-hydrogen) atoms. The Morgan fingerprint density at radius 2 is 0.940 bits per heavy atom. The summed E-state index contributed by atoms with van der Waals surface area (Å²) in [5, 5.41) is -0.244. The number of halogens is 1. The maximum Gasteiger partial charge on any atom is 0.119 e. The molecular formula is C45H41ClO4. The van der Waals surface area contributed by atoms with Crippen molar-refractivity contribution >= 4 is 23.3 Å². The van der Waals surface area contributed by atoms with Crippen molar-refractivity contribution in [3.63, 3.8) is 0 Å². The lowest BCUT2D eigenvalue weighted by atomic mass is 9.95. The van der Waals surface area contributed by atoms with Crippen molar-refractivity contribution in [3.05, 3.63) is 197 Å². The van der Waals surface area contributed by atoms with Crippen LogP contribution in [-0.4, -0.2) is 13.2 Å². The molecular weight excluding hydrogens is 640 g/mol. The Balaban J connectivity index is 1.10. The van der Waals surface area contributed by atoms with Crippen molar-refractivity contribution in [3.8, 4) is 17.2 Å². The van der Waals surface area contributed by atoms with Gasteiger partial charge in [0.05, 0.1) is 18.6 Å². The van der Waals surface area contributed by atoms with Crippen molar-refractivity contribution in [1.29, 1.82) is 0 Å². The first kappa shape index (κ1) is 34.6. The van der Waals surface area contributed by atoms with Crippen LogP contribution in [0.2, 0.25) is 0 Å². The molecule has 6 rings (SSSR count). The summed E-state index contributed by atoms with van der Waals surface area (Å²) in [5.74, 6) is 2.44. The number of ether oxygens (including phenoxy) is 4. The zero-order chi connectivity index (χ0) is 34.2. The normalized spacial score (nSPS) is 11.9. The minimum absolute atomic E-state index is 0.244. The molecule has 1 atom stereocenters. The van der Waals surface area contributed by atoms with E-state index in [0.717, 1.165) is 56.2 Å². The van der Waals surface area contributed by atoms with Crippen molar-refractivity contribution in [2.45, 2.75) is 31.6 Å². The topological polar surface area (TPSA) is 36.9 Å². The van der Waals surface area contributed by atoms with E-state index in [-0.39, 0.29) is 5.38 Å². The monoisotopic (exact) mass is 680 g/mol. The average Bonchev–Trinajstić information content (AvgIpc) is 3.18. The zero-order valence-electron chi connectivity index (χ0n) is 28.0. The summed E-state index contributed by atoms with van der Waals surface area (Å²) < 4.78 is 23.7. The maximum atomic E-state index is 7.10. The first-order chi connectivity index (χ1) is 24.7. The van der Waals surface area contributed by atoms with Crippen LogP contribution in [0.1, 0.15) is 45.2 Å². The molecule has 0 aliphatic rings. The van der Waals surface area contributed by atoms with Gasteiger partial charge >= 0.3 is 0 Å². The van der Waals surface area contributed by atoms with E-state index in [1.807, 2.05) is 103 Å².